The van der Waals surface area contributed by atoms with Gasteiger partial charge in [-0.3, -0.25) is 14.9 Å². The average Bonchev–Trinajstić information content (AvgIpc) is 2.66. The highest BCUT2D eigenvalue weighted by molar-refractivity contribution is 7.89. The number of likely N-dealkylation sites (N-methyl/N-ethyl adjacent to an activating group) is 1. The van der Waals surface area contributed by atoms with Crippen molar-refractivity contribution in [3.8, 4) is 0 Å². The highest BCUT2D eigenvalue weighted by Gasteiger charge is 2.19. The molecule has 0 saturated heterocycles. The lowest BCUT2D eigenvalue weighted by Gasteiger charge is -2.11. The third-order valence-corrected chi connectivity index (χ3v) is 5.16. The second-order valence-corrected chi connectivity index (χ2v) is 8.52. The molecule has 4 N–H and O–H groups in total. The van der Waals surface area contributed by atoms with Crippen LogP contribution in [0.1, 0.15) is 12.0 Å². The zero-order chi connectivity index (χ0) is 22.3. The minimum Gasteiger partial charge on any atom is -0.379 e. The average molecular weight is 436 g/mol. The number of nitrogens with zero attached hydrogens (tertiary/aromatic N) is 2. The molecule has 0 fully saturated rings. The molecular weight excluding hydrogens is 410 g/mol. The molecule has 0 aliphatic carbocycles. The second-order valence-electron chi connectivity index (χ2n) is 6.96. The number of nitrogens with two attached hydrogens (primary N) is 1. The van der Waals surface area contributed by atoms with Gasteiger partial charge >= 0.3 is 0 Å². The van der Waals surface area contributed by atoms with Gasteiger partial charge in [-0.05, 0) is 50.3 Å². The lowest BCUT2D eigenvalue weighted by molar-refractivity contribution is -0.384. The molecule has 2 aromatic rings. The fourth-order valence-electron chi connectivity index (χ4n) is 2.63. The predicted octanol–water partition coefficient (Wildman–Crippen LogP) is 1.79. The van der Waals surface area contributed by atoms with Crippen LogP contribution in [0, 0.1) is 10.1 Å². The van der Waals surface area contributed by atoms with Gasteiger partial charge in [-0.1, -0.05) is 12.1 Å². The molecule has 30 heavy (non-hydrogen) atoms. The Balaban J connectivity index is 1.90. The Labute approximate surface area is 175 Å². The first-order chi connectivity index (χ1) is 14.1. The van der Waals surface area contributed by atoms with Gasteiger partial charge in [0.1, 0.15) is 5.69 Å². The largest absolute Gasteiger partial charge is 0.379 e. The normalized spacial score (nSPS) is 11.3. The van der Waals surface area contributed by atoms with Crippen molar-refractivity contribution >= 4 is 33.0 Å². The van der Waals surface area contributed by atoms with Gasteiger partial charge in [0.15, 0.2) is 0 Å². The maximum Gasteiger partial charge on any atom is 0.293 e. The van der Waals surface area contributed by atoms with Crippen LogP contribution < -0.4 is 15.8 Å². The summed E-state index contributed by atoms with van der Waals surface area (Å²) < 4.78 is 22.7. The van der Waals surface area contributed by atoms with E-state index in [2.05, 4.69) is 15.5 Å². The number of amides is 1. The van der Waals surface area contributed by atoms with Crippen LogP contribution >= 0.6 is 0 Å². The molecule has 0 aliphatic heterocycles. The van der Waals surface area contributed by atoms with E-state index in [1.165, 1.54) is 17.7 Å². The van der Waals surface area contributed by atoms with Gasteiger partial charge in [0, 0.05) is 31.3 Å². The highest BCUT2D eigenvalue weighted by atomic mass is 32.2. The number of rotatable bonds is 10. The molecule has 0 aliphatic rings. The summed E-state index contributed by atoms with van der Waals surface area (Å²) in [7, 11) is -0.0427. The number of sulfonamides is 1. The number of nitrogens with one attached hydrogen (secondary N) is 2. The molecule has 0 radical (unpaired) electrons. The number of nitro groups is 1. The molecule has 0 aromatic heterocycles. The number of anilines is 2. The molecule has 0 saturated carbocycles. The first-order valence-electron chi connectivity index (χ1n) is 9.15. The highest BCUT2D eigenvalue weighted by Crippen LogP contribution is 2.27. The van der Waals surface area contributed by atoms with Gasteiger partial charge in [-0.15, -0.1) is 0 Å². The topological polar surface area (TPSA) is 148 Å². The Bertz CT molecular complexity index is 1010. The summed E-state index contributed by atoms with van der Waals surface area (Å²) in [4.78, 5) is 24.3. The molecule has 0 heterocycles. The minimum absolute atomic E-state index is 0.0659. The van der Waals surface area contributed by atoms with Crippen LogP contribution in [0.3, 0.4) is 0 Å². The van der Waals surface area contributed by atoms with E-state index in [1.807, 2.05) is 38.4 Å². The third-order valence-electron chi connectivity index (χ3n) is 4.25. The lowest BCUT2D eigenvalue weighted by Crippen LogP contribution is -2.17. The number of primary sulfonamides is 1. The fourth-order valence-corrected chi connectivity index (χ4v) is 3.16. The lowest BCUT2D eigenvalue weighted by atomic mass is 10.1. The number of hydrogen-bond acceptors (Lipinski definition) is 7. The van der Waals surface area contributed by atoms with E-state index in [0.29, 0.717) is 5.69 Å². The van der Waals surface area contributed by atoms with Crippen LogP contribution in [-0.4, -0.2) is 51.3 Å². The van der Waals surface area contributed by atoms with Crippen molar-refractivity contribution in [2.24, 2.45) is 5.14 Å². The molecular formula is C19H25N5O5S. The number of carbonyl (C=O) groups excluding carboxylic acids is 1. The molecule has 2 rings (SSSR count). The number of benzene rings is 2. The molecule has 0 bridgehead atoms. The van der Waals surface area contributed by atoms with E-state index in [4.69, 9.17) is 5.14 Å². The van der Waals surface area contributed by atoms with Crippen LogP contribution in [0.25, 0.3) is 0 Å². The second kappa shape index (κ2) is 10.1. The van der Waals surface area contributed by atoms with Crippen molar-refractivity contribution in [3.05, 3.63) is 58.1 Å². The Kier molecular flexibility index (Phi) is 7.86. The number of nitro benzene ring substituents is 1. The first-order valence-corrected chi connectivity index (χ1v) is 10.7. The fraction of sp³-hybridized carbons (Fsp3) is 0.316. The summed E-state index contributed by atoms with van der Waals surface area (Å²) >= 11 is 0. The molecule has 0 unspecified atom stereocenters. The number of carbonyl (C=O) groups is 1. The Morgan fingerprint density at radius 2 is 1.83 bits per heavy atom. The Morgan fingerprint density at radius 3 is 2.40 bits per heavy atom. The smallest absolute Gasteiger partial charge is 0.293 e. The Hall–Kier alpha value is -3.02. The van der Waals surface area contributed by atoms with E-state index in [-0.39, 0.29) is 29.5 Å². The van der Waals surface area contributed by atoms with E-state index < -0.39 is 20.6 Å². The van der Waals surface area contributed by atoms with E-state index in [1.54, 1.807) is 0 Å². The van der Waals surface area contributed by atoms with Gasteiger partial charge in [0.25, 0.3) is 5.69 Å². The molecule has 162 valence electrons. The summed E-state index contributed by atoms with van der Waals surface area (Å²) in [5, 5.41) is 21.8. The molecule has 2 aromatic carbocycles. The molecule has 10 nitrogen and oxygen atoms in total. The Morgan fingerprint density at radius 1 is 1.17 bits per heavy atom. The van der Waals surface area contributed by atoms with Crippen LogP contribution in [-0.2, 0) is 21.2 Å². The molecule has 1 amide bonds. The zero-order valence-corrected chi connectivity index (χ0v) is 17.6. The molecule has 0 atom stereocenters. The van der Waals surface area contributed by atoms with Crippen molar-refractivity contribution in [1.82, 2.24) is 4.90 Å². The van der Waals surface area contributed by atoms with Crippen LogP contribution in [0.2, 0.25) is 0 Å². The van der Waals surface area contributed by atoms with Gasteiger partial charge in [0.2, 0.25) is 15.9 Å². The van der Waals surface area contributed by atoms with Gasteiger partial charge in [0.05, 0.1) is 9.82 Å². The summed E-state index contributed by atoms with van der Waals surface area (Å²) in [5.41, 5.74) is 1.50. The van der Waals surface area contributed by atoms with E-state index in [0.717, 1.165) is 19.0 Å². The first kappa shape index (κ1) is 23.3. The maximum absolute atomic E-state index is 12.1. The minimum atomic E-state index is -4.05. The van der Waals surface area contributed by atoms with Crippen molar-refractivity contribution in [1.29, 1.82) is 0 Å². The monoisotopic (exact) mass is 435 g/mol. The predicted molar refractivity (Wildman–Crippen MR) is 115 cm³/mol. The summed E-state index contributed by atoms with van der Waals surface area (Å²) in [6, 6.07) is 10.9. The van der Waals surface area contributed by atoms with Crippen LogP contribution in [0.5, 0.6) is 0 Å². The van der Waals surface area contributed by atoms with E-state index in [9.17, 15) is 23.3 Å². The van der Waals surface area contributed by atoms with E-state index >= 15 is 0 Å². The van der Waals surface area contributed by atoms with Crippen molar-refractivity contribution in [2.45, 2.75) is 17.7 Å². The maximum atomic E-state index is 12.1. The van der Waals surface area contributed by atoms with Gasteiger partial charge in [-0.25, -0.2) is 13.6 Å². The van der Waals surface area contributed by atoms with Crippen LogP contribution in [0.15, 0.2) is 47.4 Å². The molecule has 11 heteroatoms. The van der Waals surface area contributed by atoms with Gasteiger partial charge < -0.3 is 15.5 Å². The third kappa shape index (κ3) is 7.10. The number of hydrogen-bond donors (Lipinski definition) is 3. The summed E-state index contributed by atoms with van der Waals surface area (Å²) in [5.74, 6) is -0.257. The summed E-state index contributed by atoms with van der Waals surface area (Å²) in [6.07, 6.45) is 0.977. The van der Waals surface area contributed by atoms with Crippen molar-refractivity contribution in [2.75, 3.05) is 37.8 Å². The zero-order valence-electron chi connectivity index (χ0n) is 16.8. The summed E-state index contributed by atoms with van der Waals surface area (Å²) in [6.45, 7) is 1.06. The van der Waals surface area contributed by atoms with Crippen molar-refractivity contribution < 1.29 is 18.1 Å². The standard InChI is InChI=1S/C19H25N5O5S/c1-23(2)12-10-14-3-5-15(6-4-14)22-19(25)9-11-21-17-8-7-16(30(20,28)29)13-18(17)24(26)27/h3-8,13,21H,9-12H2,1-2H3,(H,22,25)(H2,20,28,29). The van der Waals surface area contributed by atoms with Crippen molar-refractivity contribution in [3.63, 3.8) is 0 Å². The SMILES string of the molecule is CN(C)CCc1ccc(NC(=O)CCNc2ccc(S(N)(=O)=O)cc2[N+](=O)[O-])cc1. The quantitative estimate of drug-likeness (QED) is 0.380. The van der Waals surface area contributed by atoms with Crippen LogP contribution in [0.4, 0.5) is 17.1 Å². The van der Waals surface area contributed by atoms with Gasteiger partial charge in [-0.2, -0.15) is 0 Å². The molecule has 0 spiro atoms.